The van der Waals surface area contributed by atoms with Gasteiger partial charge in [0, 0.05) is 30.7 Å². The minimum atomic E-state index is -0.300. The van der Waals surface area contributed by atoms with Crippen molar-refractivity contribution < 1.29 is 9.53 Å². The summed E-state index contributed by atoms with van der Waals surface area (Å²) in [4.78, 5) is 14.4. The summed E-state index contributed by atoms with van der Waals surface area (Å²) in [6, 6.07) is 14.7. The normalized spacial score (nSPS) is 12.2. The van der Waals surface area contributed by atoms with Crippen molar-refractivity contribution in [1.29, 1.82) is 0 Å². The summed E-state index contributed by atoms with van der Waals surface area (Å²) in [6.07, 6.45) is -0.0766. The van der Waals surface area contributed by atoms with E-state index in [1.165, 1.54) is 0 Å². The molecule has 25 heavy (non-hydrogen) atoms. The summed E-state index contributed by atoms with van der Waals surface area (Å²) in [5.74, 6) is -0.0489. The fourth-order valence-corrected chi connectivity index (χ4v) is 2.93. The van der Waals surface area contributed by atoms with E-state index in [-0.39, 0.29) is 24.5 Å². The summed E-state index contributed by atoms with van der Waals surface area (Å²) < 4.78 is 5.24. The molecule has 0 saturated heterocycles. The van der Waals surface area contributed by atoms with Crippen LogP contribution in [-0.4, -0.2) is 37.6 Å². The number of hydrogen-bond donors (Lipinski definition) is 1. The molecule has 2 aromatic carbocycles. The van der Waals surface area contributed by atoms with Crippen LogP contribution in [0.3, 0.4) is 0 Å². The lowest BCUT2D eigenvalue weighted by Gasteiger charge is -2.30. The van der Waals surface area contributed by atoms with Crippen molar-refractivity contribution in [2.24, 2.45) is 5.73 Å². The second-order valence-corrected chi connectivity index (χ2v) is 6.68. The first-order valence-electron chi connectivity index (χ1n) is 7.95. The molecule has 4 nitrogen and oxygen atoms in total. The molecule has 2 rings (SSSR count). The van der Waals surface area contributed by atoms with E-state index in [9.17, 15) is 4.79 Å². The van der Waals surface area contributed by atoms with Crippen LogP contribution in [0.15, 0.2) is 48.5 Å². The highest BCUT2D eigenvalue weighted by atomic mass is 35.5. The number of nitrogens with two attached hydrogens (primary N) is 1. The molecular formula is C19H22Cl2N2O2. The maximum atomic E-state index is 12.7. The predicted octanol–water partition coefficient (Wildman–Crippen LogP) is 3.91. The van der Waals surface area contributed by atoms with Gasteiger partial charge in [-0.05, 0) is 35.4 Å². The first-order valence-corrected chi connectivity index (χ1v) is 8.71. The molecule has 1 atom stereocenters. The maximum absolute atomic E-state index is 12.7. The molecule has 0 bridgehead atoms. The Balaban J connectivity index is 2.35. The van der Waals surface area contributed by atoms with E-state index < -0.39 is 0 Å². The number of carbonyl (C=O) groups is 1. The molecule has 6 heteroatoms. The highest BCUT2D eigenvalue weighted by Gasteiger charge is 2.25. The Morgan fingerprint density at radius 1 is 1.04 bits per heavy atom. The van der Waals surface area contributed by atoms with Crippen molar-refractivity contribution in [3.63, 3.8) is 0 Å². The minimum Gasteiger partial charge on any atom is -0.380 e. The number of methoxy groups -OCH3 is 1. The Morgan fingerprint density at radius 2 is 1.48 bits per heavy atom. The van der Waals surface area contributed by atoms with Crippen molar-refractivity contribution in [2.75, 3.05) is 20.7 Å². The van der Waals surface area contributed by atoms with Crippen molar-refractivity contribution in [3.05, 3.63) is 69.7 Å². The van der Waals surface area contributed by atoms with Gasteiger partial charge < -0.3 is 15.4 Å². The summed E-state index contributed by atoms with van der Waals surface area (Å²) in [6.45, 7) is 0.294. The molecule has 0 aliphatic heterocycles. The van der Waals surface area contributed by atoms with Crippen molar-refractivity contribution in [1.82, 2.24) is 4.90 Å². The summed E-state index contributed by atoms with van der Waals surface area (Å²) in [5.41, 5.74) is 7.56. The van der Waals surface area contributed by atoms with E-state index in [4.69, 9.17) is 33.7 Å². The molecule has 2 aromatic rings. The van der Waals surface area contributed by atoms with Gasteiger partial charge >= 0.3 is 0 Å². The van der Waals surface area contributed by atoms with Crippen LogP contribution < -0.4 is 5.73 Å². The third-order valence-corrected chi connectivity index (χ3v) is 4.65. The van der Waals surface area contributed by atoms with E-state index >= 15 is 0 Å². The highest BCUT2D eigenvalue weighted by molar-refractivity contribution is 6.30. The Morgan fingerprint density at radius 3 is 1.84 bits per heavy atom. The summed E-state index contributed by atoms with van der Waals surface area (Å²) in [7, 11) is 3.33. The van der Waals surface area contributed by atoms with Gasteiger partial charge in [-0.2, -0.15) is 0 Å². The third-order valence-electron chi connectivity index (χ3n) is 4.15. The number of halogens is 2. The van der Waals surface area contributed by atoms with Crippen LogP contribution in [0.1, 0.15) is 23.6 Å². The van der Waals surface area contributed by atoms with Crippen molar-refractivity contribution in [3.8, 4) is 0 Å². The summed E-state index contributed by atoms with van der Waals surface area (Å²) in [5, 5.41) is 1.30. The Labute approximate surface area is 158 Å². The van der Waals surface area contributed by atoms with Crippen LogP contribution in [-0.2, 0) is 9.53 Å². The zero-order valence-electron chi connectivity index (χ0n) is 14.3. The second-order valence-electron chi connectivity index (χ2n) is 5.81. The van der Waals surface area contributed by atoms with Crippen LogP contribution in [0.25, 0.3) is 0 Å². The Kier molecular flexibility index (Phi) is 7.26. The van der Waals surface area contributed by atoms with Gasteiger partial charge in [0.15, 0.2) is 0 Å². The van der Waals surface area contributed by atoms with E-state index in [2.05, 4.69) is 0 Å². The number of amides is 1. The molecule has 1 amide bonds. The maximum Gasteiger partial charge on any atom is 0.225 e. The van der Waals surface area contributed by atoms with Gasteiger partial charge in [-0.1, -0.05) is 47.5 Å². The molecule has 0 spiro atoms. The average Bonchev–Trinajstić information content (AvgIpc) is 2.62. The number of carbonyl (C=O) groups excluding carboxylic acids is 1. The molecule has 0 fully saturated rings. The van der Waals surface area contributed by atoms with Crippen LogP contribution in [0.4, 0.5) is 0 Å². The quantitative estimate of drug-likeness (QED) is 0.791. The monoisotopic (exact) mass is 380 g/mol. The third kappa shape index (κ3) is 5.19. The van der Waals surface area contributed by atoms with Gasteiger partial charge in [-0.15, -0.1) is 0 Å². The average molecular weight is 381 g/mol. The molecule has 0 aromatic heterocycles. The molecule has 0 saturated carbocycles. The number of hydrogen-bond acceptors (Lipinski definition) is 3. The lowest BCUT2D eigenvalue weighted by Crippen LogP contribution is -2.36. The van der Waals surface area contributed by atoms with E-state index in [1.807, 2.05) is 48.5 Å². The Hall–Kier alpha value is -1.59. The number of nitrogens with zero attached hydrogens (tertiary/aromatic N) is 1. The topological polar surface area (TPSA) is 55.6 Å². The molecule has 134 valence electrons. The lowest BCUT2D eigenvalue weighted by molar-refractivity contribution is -0.133. The number of rotatable bonds is 7. The lowest BCUT2D eigenvalue weighted by atomic mass is 9.97. The smallest absolute Gasteiger partial charge is 0.225 e. The van der Waals surface area contributed by atoms with E-state index in [1.54, 1.807) is 19.1 Å². The molecule has 0 radical (unpaired) electrons. The van der Waals surface area contributed by atoms with Gasteiger partial charge in [0.1, 0.15) is 0 Å². The van der Waals surface area contributed by atoms with Gasteiger partial charge in [0.05, 0.1) is 18.6 Å². The fourth-order valence-electron chi connectivity index (χ4n) is 2.68. The molecule has 0 aliphatic carbocycles. The molecule has 2 N–H and O–H groups in total. The predicted molar refractivity (Wildman–Crippen MR) is 102 cm³/mol. The van der Waals surface area contributed by atoms with E-state index in [0.717, 1.165) is 11.1 Å². The first kappa shape index (κ1) is 19.7. The largest absolute Gasteiger partial charge is 0.380 e. The van der Waals surface area contributed by atoms with Gasteiger partial charge in [0.2, 0.25) is 5.91 Å². The van der Waals surface area contributed by atoms with Crippen LogP contribution >= 0.6 is 23.2 Å². The minimum absolute atomic E-state index is 0.0489. The van der Waals surface area contributed by atoms with Crippen LogP contribution in [0, 0.1) is 0 Å². The molecular weight excluding hydrogens is 359 g/mol. The van der Waals surface area contributed by atoms with Crippen LogP contribution in [0.2, 0.25) is 10.0 Å². The molecule has 0 heterocycles. The number of ether oxygens (including phenoxy) is 1. The standard InChI is InChI=1S/C19H22Cl2N2O2/c1-23(18(24)11-17(12-22)25-2)19(13-3-7-15(20)8-4-13)14-5-9-16(21)10-6-14/h3-10,17,19H,11-12,22H2,1-2H3. The van der Waals surface area contributed by atoms with E-state index in [0.29, 0.717) is 16.6 Å². The first-order chi connectivity index (χ1) is 12.0. The zero-order chi connectivity index (χ0) is 18.4. The van der Waals surface area contributed by atoms with Gasteiger partial charge in [-0.3, -0.25) is 4.79 Å². The zero-order valence-corrected chi connectivity index (χ0v) is 15.8. The second kappa shape index (κ2) is 9.20. The molecule has 1 unspecified atom stereocenters. The van der Waals surface area contributed by atoms with Gasteiger partial charge in [0.25, 0.3) is 0 Å². The highest BCUT2D eigenvalue weighted by Crippen LogP contribution is 2.30. The van der Waals surface area contributed by atoms with Gasteiger partial charge in [-0.25, -0.2) is 0 Å². The van der Waals surface area contributed by atoms with Crippen molar-refractivity contribution in [2.45, 2.75) is 18.6 Å². The van der Waals surface area contributed by atoms with Crippen LogP contribution in [0.5, 0.6) is 0 Å². The SMILES string of the molecule is COC(CN)CC(=O)N(C)C(c1ccc(Cl)cc1)c1ccc(Cl)cc1. The number of benzene rings is 2. The van der Waals surface area contributed by atoms with Crippen molar-refractivity contribution >= 4 is 29.1 Å². The molecule has 0 aliphatic rings. The Bertz CT molecular complexity index is 640. The summed E-state index contributed by atoms with van der Waals surface area (Å²) >= 11 is 12.0. The fraction of sp³-hybridized carbons (Fsp3) is 0.316.